The number of hydrogen-bond acceptors (Lipinski definition) is 4. The minimum atomic E-state index is 0.235. The Labute approximate surface area is 112 Å². The number of hydrogen-bond donors (Lipinski definition) is 1. The van der Waals surface area contributed by atoms with Gasteiger partial charge in [-0.2, -0.15) is 0 Å². The zero-order valence-electron chi connectivity index (χ0n) is 10.7. The molecule has 1 saturated heterocycles. The van der Waals surface area contributed by atoms with Crippen molar-refractivity contribution in [3.05, 3.63) is 23.9 Å². The van der Waals surface area contributed by atoms with Crippen LogP contribution in [0.4, 0.5) is 0 Å². The van der Waals surface area contributed by atoms with Crippen LogP contribution in [0, 0.1) is 0 Å². The molecule has 0 atom stereocenters. The first-order chi connectivity index (χ1) is 8.81. The van der Waals surface area contributed by atoms with Gasteiger partial charge in [-0.25, -0.2) is 4.98 Å². The molecule has 0 spiro atoms. The molecular weight excluding hydrogens is 246 g/mol. The lowest BCUT2D eigenvalue weighted by Crippen LogP contribution is -2.29. The Morgan fingerprint density at radius 3 is 3.00 bits per heavy atom. The van der Waals surface area contributed by atoms with Crippen LogP contribution >= 0.6 is 11.8 Å². The van der Waals surface area contributed by atoms with E-state index in [-0.39, 0.29) is 5.91 Å². The van der Waals surface area contributed by atoms with Crippen molar-refractivity contribution < 1.29 is 4.79 Å². The van der Waals surface area contributed by atoms with Gasteiger partial charge in [0.25, 0.3) is 0 Å². The summed E-state index contributed by atoms with van der Waals surface area (Å²) in [6, 6.07) is 3.98. The molecule has 0 aromatic carbocycles. The van der Waals surface area contributed by atoms with Crippen molar-refractivity contribution in [3.8, 4) is 0 Å². The molecule has 1 aromatic heterocycles. The number of pyridine rings is 1. The summed E-state index contributed by atoms with van der Waals surface area (Å²) in [4.78, 5) is 18.2. The second kappa shape index (κ2) is 6.75. The molecule has 1 N–H and O–H groups in total. The van der Waals surface area contributed by atoms with Gasteiger partial charge in [0.15, 0.2) is 0 Å². The summed E-state index contributed by atoms with van der Waals surface area (Å²) in [5.41, 5.74) is 1.15. The van der Waals surface area contributed by atoms with Gasteiger partial charge in [-0.3, -0.25) is 4.79 Å². The molecule has 98 valence electrons. The van der Waals surface area contributed by atoms with E-state index in [0.29, 0.717) is 5.75 Å². The summed E-state index contributed by atoms with van der Waals surface area (Å²) in [6.07, 6.45) is 4.07. The van der Waals surface area contributed by atoms with Gasteiger partial charge in [-0.1, -0.05) is 17.8 Å². The van der Waals surface area contributed by atoms with E-state index >= 15 is 0 Å². The maximum absolute atomic E-state index is 11.9. The van der Waals surface area contributed by atoms with Gasteiger partial charge in [-0.05, 0) is 31.5 Å². The quantitative estimate of drug-likeness (QED) is 0.820. The van der Waals surface area contributed by atoms with Gasteiger partial charge < -0.3 is 10.2 Å². The molecule has 0 bridgehead atoms. The van der Waals surface area contributed by atoms with E-state index in [1.807, 2.05) is 24.1 Å². The molecule has 1 aliphatic rings. The molecule has 0 unspecified atom stereocenters. The maximum atomic E-state index is 11.9. The van der Waals surface area contributed by atoms with Crippen molar-refractivity contribution in [2.75, 3.05) is 25.9 Å². The summed E-state index contributed by atoms with van der Waals surface area (Å²) in [5, 5.41) is 4.08. The first-order valence-corrected chi connectivity index (χ1v) is 7.29. The van der Waals surface area contributed by atoms with Gasteiger partial charge >= 0.3 is 0 Å². The number of carbonyl (C=O) groups is 1. The monoisotopic (exact) mass is 265 g/mol. The van der Waals surface area contributed by atoms with Crippen LogP contribution in [0.15, 0.2) is 23.4 Å². The van der Waals surface area contributed by atoms with E-state index in [1.54, 1.807) is 6.20 Å². The molecule has 1 fully saturated rings. The summed E-state index contributed by atoms with van der Waals surface area (Å²) in [7, 11) is 1.91. The van der Waals surface area contributed by atoms with Gasteiger partial charge in [0.05, 0.1) is 5.75 Å². The number of nitrogens with one attached hydrogen (secondary N) is 1. The van der Waals surface area contributed by atoms with E-state index in [1.165, 1.54) is 11.8 Å². The van der Waals surface area contributed by atoms with E-state index < -0.39 is 0 Å². The van der Waals surface area contributed by atoms with Crippen LogP contribution in [0.3, 0.4) is 0 Å². The van der Waals surface area contributed by atoms with Crippen LogP contribution in [-0.2, 0) is 11.3 Å². The highest BCUT2D eigenvalue weighted by molar-refractivity contribution is 7.99. The Morgan fingerprint density at radius 2 is 2.28 bits per heavy atom. The predicted octanol–water partition coefficient (Wildman–Crippen LogP) is 1.52. The lowest BCUT2D eigenvalue weighted by Gasteiger charge is -2.15. The highest BCUT2D eigenvalue weighted by Crippen LogP contribution is 2.21. The predicted molar refractivity (Wildman–Crippen MR) is 73.5 cm³/mol. The maximum Gasteiger partial charge on any atom is 0.232 e. The van der Waals surface area contributed by atoms with Crippen LogP contribution in [0.1, 0.15) is 18.4 Å². The summed E-state index contributed by atoms with van der Waals surface area (Å²) >= 11 is 1.54. The SMILES string of the molecule is CNCc1cccnc1SCC(=O)N1CCCC1. The summed E-state index contributed by atoms with van der Waals surface area (Å²) in [5.74, 6) is 0.729. The topological polar surface area (TPSA) is 45.2 Å². The van der Waals surface area contributed by atoms with Crippen molar-refractivity contribution in [3.63, 3.8) is 0 Å². The van der Waals surface area contributed by atoms with Gasteiger partial charge in [0.1, 0.15) is 5.03 Å². The van der Waals surface area contributed by atoms with E-state index in [4.69, 9.17) is 0 Å². The molecule has 1 amide bonds. The molecule has 5 heteroatoms. The minimum Gasteiger partial charge on any atom is -0.342 e. The van der Waals surface area contributed by atoms with Gasteiger partial charge in [0, 0.05) is 25.8 Å². The highest BCUT2D eigenvalue weighted by Gasteiger charge is 2.18. The molecule has 1 aliphatic heterocycles. The average molecular weight is 265 g/mol. The smallest absolute Gasteiger partial charge is 0.232 e. The van der Waals surface area contributed by atoms with Crippen molar-refractivity contribution in [2.24, 2.45) is 0 Å². The molecular formula is C13H19N3OS. The molecule has 4 nitrogen and oxygen atoms in total. The van der Waals surface area contributed by atoms with Crippen molar-refractivity contribution >= 4 is 17.7 Å². The van der Waals surface area contributed by atoms with Crippen LogP contribution in [-0.4, -0.2) is 41.7 Å². The Kier molecular flexibility index (Phi) is 5.01. The number of rotatable bonds is 5. The minimum absolute atomic E-state index is 0.235. The van der Waals surface area contributed by atoms with Crippen LogP contribution in [0.5, 0.6) is 0 Å². The average Bonchev–Trinajstić information content (AvgIpc) is 2.92. The van der Waals surface area contributed by atoms with Crippen molar-refractivity contribution in [1.82, 2.24) is 15.2 Å². The lowest BCUT2D eigenvalue weighted by atomic mass is 10.3. The Hall–Kier alpha value is -1.07. The zero-order valence-corrected chi connectivity index (χ0v) is 11.5. The number of thioether (sulfide) groups is 1. The number of likely N-dealkylation sites (tertiary alicyclic amines) is 1. The Balaban J connectivity index is 1.90. The Bertz CT molecular complexity index is 405. The third kappa shape index (κ3) is 3.46. The summed E-state index contributed by atoms with van der Waals surface area (Å²) in [6.45, 7) is 2.63. The van der Waals surface area contributed by atoms with Crippen LogP contribution in [0.25, 0.3) is 0 Å². The van der Waals surface area contributed by atoms with E-state index in [9.17, 15) is 4.79 Å². The fourth-order valence-corrected chi connectivity index (χ4v) is 2.97. The lowest BCUT2D eigenvalue weighted by molar-refractivity contribution is -0.127. The number of aromatic nitrogens is 1. The second-order valence-corrected chi connectivity index (χ2v) is 5.34. The Morgan fingerprint density at radius 1 is 1.50 bits per heavy atom. The third-order valence-electron chi connectivity index (χ3n) is 3.01. The largest absolute Gasteiger partial charge is 0.342 e. The van der Waals surface area contributed by atoms with E-state index in [0.717, 1.165) is 43.1 Å². The molecule has 0 aliphatic carbocycles. The fraction of sp³-hybridized carbons (Fsp3) is 0.538. The number of carbonyl (C=O) groups excluding carboxylic acids is 1. The van der Waals surface area contributed by atoms with Gasteiger partial charge in [0.2, 0.25) is 5.91 Å². The standard InChI is InChI=1S/C13H19N3OS/c1-14-9-11-5-4-6-15-13(11)18-10-12(17)16-7-2-3-8-16/h4-6,14H,2-3,7-10H2,1H3. The molecule has 1 aromatic rings. The first-order valence-electron chi connectivity index (χ1n) is 6.30. The van der Waals surface area contributed by atoms with Crippen LogP contribution < -0.4 is 5.32 Å². The van der Waals surface area contributed by atoms with Gasteiger partial charge in [-0.15, -0.1) is 0 Å². The normalized spacial score (nSPS) is 15.1. The first kappa shape index (κ1) is 13.4. The molecule has 18 heavy (non-hydrogen) atoms. The van der Waals surface area contributed by atoms with Crippen molar-refractivity contribution in [2.45, 2.75) is 24.4 Å². The van der Waals surface area contributed by atoms with E-state index in [2.05, 4.69) is 10.3 Å². The number of amides is 1. The molecule has 2 rings (SSSR count). The summed E-state index contributed by atoms with van der Waals surface area (Å²) < 4.78 is 0. The molecule has 0 saturated carbocycles. The van der Waals surface area contributed by atoms with Crippen molar-refractivity contribution in [1.29, 1.82) is 0 Å². The van der Waals surface area contributed by atoms with Crippen LogP contribution in [0.2, 0.25) is 0 Å². The highest BCUT2D eigenvalue weighted by atomic mass is 32.2. The fourth-order valence-electron chi connectivity index (χ4n) is 2.07. The molecule has 2 heterocycles. The second-order valence-electron chi connectivity index (χ2n) is 4.37. The zero-order chi connectivity index (χ0) is 12.8. The number of nitrogens with zero attached hydrogens (tertiary/aromatic N) is 2. The third-order valence-corrected chi connectivity index (χ3v) is 4.04. The molecule has 0 radical (unpaired) electrons.